The van der Waals surface area contributed by atoms with Crippen molar-refractivity contribution in [3.8, 4) is 0 Å². The molecule has 4 rings (SSSR count). The third-order valence-corrected chi connectivity index (χ3v) is 7.73. The van der Waals surface area contributed by atoms with Crippen LogP contribution in [0.4, 0.5) is 0 Å². The Morgan fingerprint density at radius 2 is 1.09 bits per heavy atom. The van der Waals surface area contributed by atoms with E-state index in [0.29, 0.717) is 5.92 Å². The zero-order valence-corrected chi connectivity index (χ0v) is 22.1. The maximum atomic E-state index is 2.43. The van der Waals surface area contributed by atoms with Crippen molar-refractivity contribution >= 4 is 0 Å². The third-order valence-electron chi connectivity index (χ3n) is 6.43. The van der Waals surface area contributed by atoms with Gasteiger partial charge in [0.25, 0.3) is 0 Å². The smallest absolute Gasteiger partial charge is 1.00 e. The first-order chi connectivity index (χ1) is 14.1. The van der Waals surface area contributed by atoms with Crippen molar-refractivity contribution in [1.82, 2.24) is 0 Å². The van der Waals surface area contributed by atoms with Gasteiger partial charge in [-0.05, 0) is 0 Å². The Bertz CT molecular complexity index is 920. The van der Waals surface area contributed by atoms with Crippen LogP contribution in [-0.4, -0.2) is 0 Å². The first-order valence-electron chi connectivity index (χ1n) is 10.5. The molecule has 164 valence electrons. The van der Waals surface area contributed by atoms with Crippen molar-refractivity contribution in [1.29, 1.82) is 0 Å². The molecule has 0 saturated carbocycles. The molecule has 2 atom stereocenters. The molecule has 0 heterocycles. The van der Waals surface area contributed by atoms with Crippen molar-refractivity contribution in [3.63, 3.8) is 0 Å². The first-order valence-corrected chi connectivity index (χ1v) is 11.2. The molecule has 1 aliphatic carbocycles. The predicted molar refractivity (Wildman–Crippen MR) is 119 cm³/mol. The second-order valence-electron chi connectivity index (χ2n) is 7.95. The molecule has 3 aromatic rings. The summed E-state index contributed by atoms with van der Waals surface area (Å²) in [5.41, 5.74) is 5.21. The van der Waals surface area contributed by atoms with Crippen molar-refractivity contribution in [3.05, 3.63) is 131 Å². The normalized spacial score (nSPS) is 17.9. The van der Waals surface area contributed by atoms with Gasteiger partial charge < -0.3 is 37.2 Å². The van der Waals surface area contributed by atoms with Crippen LogP contribution in [0.2, 0.25) is 3.72 Å². The van der Waals surface area contributed by atoms with E-state index in [1.54, 1.807) is 0 Å². The van der Waals surface area contributed by atoms with E-state index in [1.807, 2.05) is 0 Å². The van der Waals surface area contributed by atoms with Gasteiger partial charge in [0.2, 0.25) is 0 Å². The van der Waals surface area contributed by atoms with Crippen molar-refractivity contribution in [2.45, 2.75) is 29.4 Å². The van der Waals surface area contributed by atoms with Crippen molar-refractivity contribution in [2.75, 3.05) is 0 Å². The van der Waals surface area contributed by atoms with E-state index in [2.05, 4.69) is 144 Å². The summed E-state index contributed by atoms with van der Waals surface area (Å²) in [6.45, 7) is 4.66. The van der Waals surface area contributed by atoms with Crippen LogP contribution in [0, 0.1) is 5.92 Å². The Morgan fingerprint density at radius 3 is 1.44 bits per heavy atom. The quantitative estimate of drug-likeness (QED) is 0.270. The summed E-state index contributed by atoms with van der Waals surface area (Å²) in [6.07, 6.45) is 8.20. The van der Waals surface area contributed by atoms with Crippen molar-refractivity contribution in [2.24, 2.45) is 5.92 Å². The number of hydrogen-bond acceptors (Lipinski definition) is 0. The Balaban J connectivity index is 0.00000171. The Kier molecular flexibility index (Phi) is 11.0. The minimum Gasteiger partial charge on any atom is -1.00 e. The second kappa shape index (κ2) is 12.3. The molecule has 1 aliphatic rings. The number of benzene rings is 3. The zero-order chi connectivity index (χ0) is 20.3. The summed E-state index contributed by atoms with van der Waals surface area (Å²) in [5, 5.41) is 0. The van der Waals surface area contributed by atoms with Gasteiger partial charge in [-0.25, -0.2) is 0 Å². The largest absolute Gasteiger partial charge is 1.00 e. The van der Waals surface area contributed by atoms with Gasteiger partial charge in [0.05, 0.1) is 0 Å². The minimum absolute atomic E-state index is 0. The number of rotatable bonds is 6. The van der Waals surface area contributed by atoms with E-state index < -0.39 is 0 Å². The summed E-state index contributed by atoms with van der Waals surface area (Å²) in [4.78, 5) is 0. The fourth-order valence-electron chi connectivity index (χ4n) is 4.89. The zero-order valence-electron chi connectivity index (χ0n) is 18.3. The molecule has 0 N–H and O–H groups in total. The van der Waals surface area contributed by atoms with E-state index in [1.165, 1.54) is 22.3 Å². The molecule has 0 aromatic heterocycles. The van der Waals surface area contributed by atoms with Gasteiger partial charge in [-0.15, -0.1) is 0 Å². The average Bonchev–Trinajstić information content (AvgIpc) is 3.18. The Hall–Kier alpha value is -1.28. The second-order valence-corrected chi connectivity index (χ2v) is 9.18. The molecule has 32 heavy (non-hydrogen) atoms. The summed E-state index contributed by atoms with van der Waals surface area (Å²) < 4.78 is -0.160. The maximum absolute atomic E-state index is 2.43. The SMILES string of the molecule is CCC(C)C1=CC=C[C]1([Ti+3])C(c1ccccc1)(c1ccccc1)c1ccccc1.[Cl-].[Cl-].[Cl-]. The number of allylic oxidation sites excluding steroid dienone is 4. The third kappa shape index (κ3) is 4.67. The Labute approximate surface area is 223 Å². The van der Waals surface area contributed by atoms with Gasteiger partial charge in [-0.3, -0.25) is 0 Å². The number of hydrogen-bond donors (Lipinski definition) is 0. The topological polar surface area (TPSA) is 0 Å². The van der Waals surface area contributed by atoms with Gasteiger partial charge >= 0.3 is 187 Å². The molecule has 0 saturated heterocycles. The fraction of sp³-hybridized carbons (Fsp3) is 0.214. The monoisotopic (exact) mass is 516 g/mol. The molecular formula is C28H27Cl3Ti. The number of halogens is 3. The average molecular weight is 518 g/mol. The van der Waals surface area contributed by atoms with E-state index in [-0.39, 0.29) is 46.4 Å². The molecule has 4 heteroatoms. The van der Waals surface area contributed by atoms with Crippen LogP contribution in [0.5, 0.6) is 0 Å². The van der Waals surface area contributed by atoms with Crippen LogP contribution in [0.25, 0.3) is 0 Å². The van der Waals surface area contributed by atoms with E-state index in [0.717, 1.165) is 6.42 Å². The van der Waals surface area contributed by atoms with Crippen LogP contribution in [0.3, 0.4) is 0 Å². The van der Waals surface area contributed by atoms with Crippen LogP contribution < -0.4 is 37.2 Å². The van der Waals surface area contributed by atoms with E-state index in [9.17, 15) is 0 Å². The van der Waals surface area contributed by atoms with Gasteiger partial charge in [-0.1, -0.05) is 0 Å². The van der Waals surface area contributed by atoms with E-state index in [4.69, 9.17) is 0 Å². The maximum Gasteiger partial charge on any atom is -1.00 e. The van der Waals surface area contributed by atoms with Crippen LogP contribution in [0.15, 0.2) is 115 Å². The fourth-order valence-corrected chi connectivity index (χ4v) is 6.23. The molecule has 3 aromatic carbocycles. The first kappa shape index (κ1) is 28.8. The molecule has 0 fully saturated rings. The van der Waals surface area contributed by atoms with Gasteiger partial charge in [0.1, 0.15) is 0 Å². The van der Waals surface area contributed by atoms with Gasteiger partial charge in [-0.2, -0.15) is 0 Å². The molecule has 0 aliphatic heterocycles. The summed E-state index contributed by atoms with van der Waals surface area (Å²) >= 11 is 2.43. The van der Waals surface area contributed by atoms with Gasteiger partial charge in [0.15, 0.2) is 0 Å². The van der Waals surface area contributed by atoms with Gasteiger partial charge in [0, 0.05) is 0 Å². The molecule has 0 radical (unpaired) electrons. The molecule has 2 unspecified atom stereocenters. The molecule has 0 nitrogen and oxygen atoms in total. The van der Waals surface area contributed by atoms with Crippen LogP contribution in [0.1, 0.15) is 37.0 Å². The molecule has 0 spiro atoms. The molecule has 0 amide bonds. The van der Waals surface area contributed by atoms with Crippen LogP contribution in [-0.2, 0) is 25.9 Å². The van der Waals surface area contributed by atoms with E-state index >= 15 is 0 Å². The standard InChI is InChI=1S/C28H27.3ClH.Ti/c1-3-22(2)26-20-13-21-27(26)28(23-14-7-4-8-15-23,24-16-9-5-10-17-24)25-18-11-6-12-19-25;;;;/h4-22H,3H2,1-2H3;3*1H;/q;;;;+3/p-3. The predicted octanol–water partition coefficient (Wildman–Crippen LogP) is -1.72. The Morgan fingerprint density at radius 1 is 0.719 bits per heavy atom. The molecular weight excluding hydrogens is 491 g/mol. The minimum atomic E-state index is -0.307. The van der Waals surface area contributed by atoms with Crippen molar-refractivity contribution < 1.29 is 57.7 Å². The summed E-state index contributed by atoms with van der Waals surface area (Å²) in [6, 6.07) is 33.2. The summed E-state index contributed by atoms with van der Waals surface area (Å²) in [7, 11) is 0. The summed E-state index contributed by atoms with van der Waals surface area (Å²) in [5.74, 6) is 0.519. The molecule has 0 bridgehead atoms. The van der Waals surface area contributed by atoms with Crippen LogP contribution >= 0.6 is 0 Å².